The van der Waals surface area contributed by atoms with Crippen LogP contribution >= 0.6 is 0 Å². The maximum atomic E-state index is 4.96. The standard InChI is InChI=1S/C19H27N5/c1-3-23-9-11-24(12-10-23)17-14-20-13-16-18(17)22(2)19(21-16)15-7-5-4-6-8-15/h4-8,17,20H,3,9-14H2,1-2H3. The van der Waals surface area contributed by atoms with Gasteiger partial charge in [-0.3, -0.25) is 4.90 Å². The Hall–Kier alpha value is -1.69. The highest BCUT2D eigenvalue weighted by Crippen LogP contribution is 2.31. The van der Waals surface area contributed by atoms with E-state index in [1.165, 1.54) is 30.0 Å². The number of hydrogen-bond acceptors (Lipinski definition) is 4. The molecule has 0 bridgehead atoms. The average Bonchev–Trinajstić information content (AvgIpc) is 2.99. The van der Waals surface area contributed by atoms with E-state index in [1.807, 2.05) is 0 Å². The summed E-state index contributed by atoms with van der Waals surface area (Å²) in [5, 5.41) is 3.57. The van der Waals surface area contributed by atoms with E-state index in [0.717, 1.165) is 38.5 Å². The highest BCUT2D eigenvalue weighted by Gasteiger charge is 2.32. The molecule has 1 aromatic carbocycles. The Morgan fingerprint density at radius 3 is 2.58 bits per heavy atom. The molecule has 0 aliphatic carbocycles. The van der Waals surface area contributed by atoms with Crippen molar-refractivity contribution in [3.63, 3.8) is 0 Å². The van der Waals surface area contributed by atoms with Crippen LogP contribution in [0, 0.1) is 0 Å². The van der Waals surface area contributed by atoms with Crippen molar-refractivity contribution < 1.29 is 0 Å². The summed E-state index contributed by atoms with van der Waals surface area (Å²) in [7, 11) is 2.18. The molecule has 2 aliphatic rings. The van der Waals surface area contributed by atoms with Crippen LogP contribution in [-0.4, -0.2) is 58.6 Å². The van der Waals surface area contributed by atoms with Gasteiger partial charge in [-0.1, -0.05) is 37.3 Å². The monoisotopic (exact) mass is 325 g/mol. The Bertz CT molecular complexity index is 685. The number of likely N-dealkylation sites (N-methyl/N-ethyl adjacent to an activating group) is 1. The van der Waals surface area contributed by atoms with Gasteiger partial charge in [-0.15, -0.1) is 0 Å². The van der Waals surface area contributed by atoms with E-state index in [1.54, 1.807) is 0 Å². The molecule has 128 valence electrons. The molecular formula is C19H27N5. The van der Waals surface area contributed by atoms with Gasteiger partial charge in [0.1, 0.15) is 5.82 Å². The van der Waals surface area contributed by atoms with Crippen LogP contribution in [0.3, 0.4) is 0 Å². The zero-order valence-corrected chi connectivity index (χ0v) is 14.7. The molecule has 1 fully saturated rings. The lowest BCUT2D eigenvalue weighted by Gasteiger charge is -2.40. The largest absolute Gasteiger partial charge is 0.329 e. The van der Waals surface area contributed by atoms with Crippen LogP contribution in [0.15, 0.2) is 30.3 Å². The molecule has 5 nitrogen and oxygen atoms in total. The summed E-state index contributed by atoms with van der Waals surface area (Å²) in [4.78, 5) is 10.1. The van der Waals surface area contributed by atoms with Crippen LogP contribution in [0.4, 0.5) is 0 Å². The first-order valence-corrected chi connectivity index (χ1v) is 9.06. The van der Waals surface area contributed by atoms with Crippen molar-refractivity contribution in [2.75, 3.05) is 39.3 Å². The van der Waals surface area contributed by atoms with Gasteiger partial charge in [-0.2, -0.15) is 0 Å². The van der Waals surface area contributed by atoms with Gasteiger partial charge in [0.2, 0.25) is 0 Å². The third-order valence-electron chi connectivity index (χ3n) is 5.49. The summed E-state index contributed by atoms with van der Waals surface area (Å²) in [6.07, 6.45) is 0. The number of nitrogens with zero attached hydrogens (tertiary/aromatic N) is 4. The number of fused-ring (bicyclic) bond motifs is 1. The van der Waals surface area contributed by atoms with Crippen molar-refractivity contribution >= 4 is 0 Å². The van der Waals surface area contributed by atoms with Gasteiger partial charge in [0.05, 0.1) is 17.4 Å². The summed E-state index contributed by atoms with van der Waals surface area (Å²) in [5.41, 5.74) is 3.81. The van der Waals surface area contributed by atoms with Gasteiger partial charge in [-0.25, -0.2) is 4.98 Å². The summed E-state index contributed by atoms with van der Waals surface area (Å²) in [6.45, 7) is 9.94. The molecule has 1 unspecified atom stereocenters. The molecule has 1 N–H and O–H groups in total. The second-order valence-electron chi connectivity index (χ2n) is 6.81. The van der Waals surface area contributed by atoms with E-state index < -0.39 is 0 Å². The fraction of sp³-hybridized carbons (Fsp3) is 0.526. The lowest BCUT2D eigenvalue weighted by atomic mass is 10.0. The van der Waals surface area contributed by atoms with Crippen molar-refractivity contribution in [1.82, 2.24) is 24.7 Å². The zero-order valence-electron chi connectivity index (χ0n) is 14.7. The van der Waals surface area contributed by atoms with E-state index in [-0.39, 0.29) is 0 Å². The first-order chi connectivity index (χ1) is 11.8. The third kappa shape index (κ3) is 2.77. The highest BCUT2D eigenvalue weighted by molar-refractivity contribution is 5.57. The molecule has 5 heteroatoms. The first kappa shape index (κ1) is 15.8. The Labute approximate surface area is 144 Å². The van der Waals surface area contributed by atoms with E-state index in [4.69, 9.17) is 4.98 Å². The molecule has 3 heterocycles. The Balaban J connectivity index is 1.64. The fourth-order valence-electron chi connectivity index (χ4n) is 4.08. The Morgan fingerprint density at radius 1 is 1.12 bits per heavy atom. The third-order valence-corrected chi connectivity index (χ3v) is 5.49. The summed E-state index contributed by atoms with van der Waals surface area (Å²) >= 11 is 0. The lowest BCUT2D eigenvalue weighted by molar-refractivity contribution is 0.0917. The van der Waals surface area contributed by atoms with Crippen molar-refractivity contribution in [1.29, 1.82) is 0 Å². The fourth-order valence-corrected chi connectivity index (χ4v) is 4.08. The van der Waals surface area contributed by atoms with Gasteiger partial charge in [0.15, 0.2) is 0 Å². The van der Waals surface area contributed by atoms with Gasteiger partial charge < -0.3 is 14.8 Å². The molecule has 2 aliphatic heterocycles. The van der Waals surface area contributed by atoms with Crippen molar-refractivity contribution in [2.24, 2.45) is 7.05 Å². The second kappa shape index (κ2) is 6.67. The summed E-state index contributed by atoms with van der Waals surface area (Å²) in [5.74, 6) is 1.08. The number of aromatic nitrogens is 2. The Morgan fingerprint density at radius 2 is 1.88 bits per heavy atom. The second-order valence-corrected chi connectivity index (χ2v) is 6.81. The van der Waals surface area contributed by atoms with Crippen LogP contribution in [0.5, 0.6) is 0 Å². The molecule has 2 aromatic rings. The van der Waals surface area contributed by atoms with Crippen LogP contribution in [-0.2, 0) is 13.6 Å². The van der Waals surface area contributed by atoms with Crippen molar-refractivity contribution in [2.45, 2.75) is 19.5 Å². The number of imidazole rings is 1. The van der Waals surface area contributed by atoms with Crippen LogP contribution < -0.4 is 5.32 Å². The van der Waals surface area contributed by atoms with E-state index in [2.05, 4.69) is 64.0 Å². The minimum Gasteiger partial charge on any atom is -0.329 e. The maximum absolute atomic E-state index is 4.96. The predicted molar refractivity (Wildman–Crippen MR) is 96.8 cm³/mol. The molecule has 4 rings (SSSR count). The summed E-state index contributed by atoms with van der Waals surface area (Å²) < 4.78 is 2.32. The Kier molecular flexibility index (Phi) is 4.39. The lowest BCUT2D eigenvalue weighted by Crippen LogP contribution is -2.50. The predicted octanol–water partition coefficient (Wildman–Crippen LogP) is 1.87. The molecule has 1 saturated heterocycles. The van der Waals surface area contributed by atoms with E-state index in [9.17, 15) is 0 Å². The molecular weight excluding hydrogens is 298 g/mol. The number of piperazine rings is 1. The maximum Gasteiger partial charge on any atom is 0.140 e. The smallest absolute Gasteiger partial charge is 0.140 e. The first-order valence-electron chi connectivity index (χ1n) is 9.06. The topological polar surface area (TPSA) is 36.3 Å². The molecule has 0 saturated carbocycles. The number of hydrogen-bond donors (Lipinski definition) is 1. The van der Waals surface area contributed by atoms with E-state index in [0.29, 0.717) is 6.04 Å². The van der Waals surface area contributed by atoms with Gasteiger partial charge >= 0.3 is 0 Å². The highest BCUT2D eigenvalue weighted by atomic mass is 15.3. The molecule has 0 radical (unpaired) electrons. The van der Waals surface area contributed by atoms with Crippen molar-refractivity contribution in [3.05, 3.63) is 41.7 Å². The van der Waals surface area contributed by atoms with Gasteiger partial charge in [-0.05, 0) is 6.54 Å². The molecule has 24 heavy (non-hydrogen) atoms. The minimum absolute atomic E-state index is 0.433. The quantitative estimate of drug-likeness (QED) is 0.935. The molecule has 0 amide bonds. The molecule has 0 spiro atoms. The van der Waals surface area contributed by atoms with Gasteiger partial charge in [0, 0.05) is 51.9 Å². The average molecular weight is 325 g/mol. The normalized spacial score (nSPS) is 22.5. The molecule has 1 atom stereocenters. The van der Waals surface area contributed by atoms with Crippen LogP contribution in [0.2, 0.25) is 0 Å². The van der Waals surface area contributed by atoms with E-state index >= 15 is 0 Å². The van der Waals surface area contributed by atoms with Crippen molar-refractivity contribution in [3.8, 4) is 11.4 Å². The molecule has 1 aromatic heterocycles. The number of nitrogens with one attached hydrogen (secondary N) is 1. The van der Waals surface area contributed by atoms with Crippen LogP contribution in [0.25, 0.3) is 11.4 Å². The SMILES string of the molecule is CCN1CCN(C2CNCc3nc(-c4ccccc4)n(C)c32)CC1. The number of rotatable bonds is 3. The minimum atomic E-state index is 0.433. The van der Waals surface area contributed by atoms with Crippen LogP contribution in [0.1, 0.15) is 24.4 Å². The number of benzene rings is 1. The summed E-state index contributed by atoms with van der Waals surface area (Å²) in [6, 6.07) is 11.0. The van der Waals surface area contributed by atoms with Gasteiger partial charge in [0.25, 0.3) is 0 Å². The zero-order chi connectivity index (χ0) is 16.5.